The Morgan fingerprint density at radius 3 is 1.80 bits per heavy atom. The number of hydrogen-bond donors (Lipinski definition) is 1. The van der Waals surface area contributed by atoms with Gasteiger partial charge in [0, 0.05) is 19.3 Å². The van der Waals surface area contributed by atoms with E-state index >= 15 is 0 Å². The minimum absolute atomic E-state index is 0.0681. The first-order chi connectivity index (χ1) is 9.64. The highest BCUT2D eigenvalue weighted by molar-refractivity contribution is 7.80. The van der Waals surface area contributed by atoms with Gasteiger partial charge < -0.3 is 13.3 Å². The average molecular weight is 323 g/mol. The Labute approximate surface area is 132 Å². The van der Waals surface area contributed by atoms with E-state index in [1.807, 2.05) is 0 Å². The zero-order valence-corrected chi connectivity index (χ0v) is 15.7. The number of rotatable bonds is 14. The molecule has 5 heteroatoms. The Kier molecular flexibility index (Phi) is 13.4. The van der Waals surface area contributed by atoms with Crippen molar-refractivity contribution in [3.05, 3.63) is 0 Å². The fraction of sp³-hybridized carbons (Fsp3) is 1.00. The summed E-state index contributed by atoms with van der Waals surface area (Å²) in [6, 6.07) is 0.890. The fourth-order valence-electron chi connectivity index (χ4n) is 1.88. The van der Waals surface area contributed by atoms with Gasteiger partial charge in [-0.05, 0) is 19.3 Å². The van der Waals surface area contributed by atoms with E-state index in [1.54, 1.807) is 0 Å². The second kappa shape index (κ2) is 13.1. The van der Waals surface area contributed by atoms with Gasteiger partial charge in [-0.1, -0.05) is 53.4 Å². The molecule has 0 aromatic rings. The lowest BCUT2D eigenvalue weighted by Crippen LogP contribution is -2.48. The first-order valence-corrected chi connectivity index (χ1v) is 10.7. The standard InChI is InChI=1S/C15H34O3SSi/c1-5-9-12-16-20(14-8-4,17-13-10-6-2)18-15(19)11-7-3/h15,19H,5-14H2,1-4H3. The Hall–Kier alpha value is 0.447. The Morgan fingerprint density at radius 1 is 0.850 bits per heavy atom. The van der Waals surface area contributed by atoms with Crippen LogP contribution >= 0.6 is 12.6 Å². The van der Waals surface area contributed by atoms with Gasteiger partial charge in [-0.3, -0.25) is 0 Å². The molecule has 1 unspecified atom stereocenters. The molecule has 0 spiro atoms. The molecule has 0 aromatic carbocycles. The van der Waals surface area contributed by atoms with Crippen LogP contribution < -0.4 is 0 Å². The first-order valence-electron chi connectivity index (χ1n) is 8.27. The molecular weight excluding hydrogens is 288 g/mol. The van der Waals surface area contributed by atoms with Gasteiger partial charge in [0.15, 0.2) is 0 Å². The van der Waals surface area contributed by atoms with E-state index in [9.17, 15) is 0 Å². The van der Waals surface area contributed by atoms with Crippen molar-refractivity contribution in [1.82, 2.24) is 0 Å². The smallest absolute Gasteiger partial charge is 0.373 e. The SMILES string of the molecule is CCCCO[Si](CCC)(OCCCC)OC(S)CCC. The van der Waals surface area contributed by atoms with Crippen molar-refractivity contribution in [2.24, 2.45) is 0 Å². The van der Waals surface area contributed by atoms with Gasteiger partial charge >= 0.3 is 8.80 Å². The second-order valence-corrected chi connectivity index (χ2v) is 8.45. The summed E-state index contributed by atoms with van der Waals surface area (Å²) in [4.78, 5) is 0. The van der Waals surface area contributed by atoms with Crippen LogP contribution in [0.1, 0.15) is 72.6 Å². The van der Waals surface area contributed by atoms with Gasteiger partial charge in [-0.2, -0.15) is 0 Å². The summed E-state index contributed by atoms with van der Waals surface area (Å²) in [7, 11) is -2.55. The van der Waals surface area contributed by atoms with Crippen LogP contribution in [0.2, 0.25) is 6.04 Å². The van der Waals surface area contributed by atoms with E-state index in [-0.39, 0.29) is 5.44 Å². The van der Waals surface area contributed by atoms with Crippen molar-refractivity contribution in [2.45, 2.75) is 84.1 Å². The molecule has 0 aliphatic rings. The summed E-state index contributed by atoms with van der Waals surface area (Å²) in [6.07, 6.45) is 7.41. The van der Waals surface area contributed by atoms with Crippen LogP contribution in [-0.4, -0.2) is 27.5 Å². The molecule has 0 aromatic heterocycles. The first kappa shape index (κ1) is 20.4. The Balaban J connectivity index is 4.61. The lowest BCUT2D eigenvalue weighted by molar-refractivity contribution is 0.0478. The third-order valence-electron chi connectivity index (χ3n) is 3.05. The molecule has 0 radical (unpaired) electrons. The van der Waals surface area contributed by atoms with Crippen LogP contribution in [0.4, 0.5) is 0 Å². The largest absolute Gasteiger partial charge is 0.501 e. The highest BCUT2D eigenvalue weighted by atomic mass is 32.1. The van der Waals surface area contributed by atoms with Gasteiger partial charge in [0.1, 0.15) is 0 Å². The molecule has 0 amide bonds. The normalized spacial score (nSPS) is 13.7. The molecule has 0 N–H and O–H groups in total. The summed E-state index contributed by atoms with van der Waals surface area (Å²) in [5, 5.41) is 0. The van der Waals surface area contributed by atoms with Crippen molar-refractivity contribution in [3.63, 3.8) is 0 Å². The van der Waals surface area contributed by atoms with Crippen LogP contribution in [0.3, 0.4) is 0 Å². The lowest BCUT2D eigenvalue weighted by atomic mass is 10.4. The zero-order chi connectivity index (χ0) is 15.3. The van der Waals surface area contributed by atoms with E-state index in [0.717, 1.165) is 64.2 Å². The van der Waals surface area contributed by atoms with Crippen LogP contribution in [0.15, 0.2) is 0 Å². The van der Waals surface area contributed by atoms with E-state index < -0.39 is 8.80 Å². The highest BCUT2D eigenvalue weighted by Crippen LogP contribution is 2.24. The monoisotopic (exact) mass is 322 g/mol. The predicted molar refractivity (Wildman–Crippen MR) is 91.3 cm³/mol. The molecule has 1 atom stereocenters. The lowest BCUT2D eigenvalue weighted by Gasteiger charge is -2.32. The summed E-state index contributed by atoms with van der Waals surface area (Å²) >= 11 is 4.54. The maximum Gasteiger partial charge on any atom is 0.501 e. The Morgan fingerprint density at radius 2 is 1.40 bits per heavy atom. The van der Waals surface area contributed by atoms with Crippen LogP contribution in [0.5, 0.6) is 0 Å². The van der Waals surface area contributed by atoms with Crippen molar-refractivity contribution in [2.75, 3.05) is 13.2 Å². The summed E-state index contributed by atoms with van der Waals surface area (Å²) in [5.74, 6) is 0. The van der Waals surface area contributed by atoms with E-state index in [4.69, 9.17) is 13.3 Å². The average Bonchev–Trinajstić information content (AvgIpc) is 2.40. The molecule has 0 fully saturated rings. The highest BCUT2D eigenvalue weighted by Gasteiger charge is 2.41. The number of hydrogen-bond acceptors (Lipinski definition) is 4. The third-order valence-corrected chi connectivity index (χ3v) is 6.65. The molecule has 0 bridgehead atoms. The van der Waals surface area contributed by atoms with E-state index in [0.29, 0.717) is 0 Å². The van der Waals surface area contributed by atoms with Crippen molar-refractivity contribution in [3.8, 4) is 0 Å². The van der Waals surface area contributed by atoms with Crippen LogP contribution in [-0.2, 0) is 13.3 Å². The molecule has 0 aliphatic heterocycles. The molecule has 0 saturated carbocycles. The van der Waals surface area contributed by atoms with E-state index in [1.165, 1.54) is 0 Å². The molecule has 3 nitrogen and oxygen atoms in total. The van der Waals surface area contributed by atoms with Crippen molar-refractivity contribution < 1.29 is 13.3 Å². The summed E-state index contributed by atoms with van der Waals surface area (Å²) in [5.41, 5.74) is -0.0681. The van der Waals surface area contributed by atoms with Gasteiger partial charge in [0.2, 0.25) is 0 Å². The maximum absolute atomic E-state index is 6.17. The van der Waals surface area contributed by atoms with Gasteiger partial charge in [0.05, 0.1) is 5.44 Å². The molecular formula is C15H34O3SSi. The van der Waals surface area contributed by atoms with Gasteiger partial charge in [0.25, 0.3) is 0 Å². The Bertz CT molecular complexity index is 207. The molecule has 0 saturated heterocycles. The van der Waals surface area contributed by atoms with Crippen LogP contribution in [0.25, 0.3) is 0 Å². The number of thiol groups is 1. The summed E-state index contributed by atoms with van der Waals surface area (Å²) in [6.45, 7) is 10.1. The zero-order valence-electron chi connectivity index (χ0n) is 13.8. The number of unbranched alkanes of at least 4 members (excludes halogenated alkanes) is 2. The molecule has 20 heavy (non-hydrogen) atoms. The fourth-order valence-corrected chi connectivity index (χ4v) is 5.30. The molecule has 0 rings (SSSR count). The van der Waals surface area contributed by atoms with E-state index in [2.05, 4.69) is 40.3 Å². The summed E-state index contributed by atoms with van der Waals surface area (Å²) < 4.78 is 18.4. The molecule has 122 valence electrons. The minimum Gasteiger partial charge on any atom is -0.373 e. The van der Waals surface area contributed by atoms with Crippen LogP contribution in [0, 0.1) is 0 Å². The van der Waals surface area contributed by atoms with Crippen molar-refractivity contribution >= 4 is 21.4 Å². The van der Waals surface area contributed by atoms with Gasteiger partial charge in [-0.15, -0.1) is 12.6 Å². The topological polar surface area (TPSA) is 27.7 Å². The minimum atomic E-state index is -2.55. The maximum atomic E-state index is 6.17. The second-order valence-electron chi connectivity index (χ2n) is 5.20. The quantitative estimate of drug-likeness (QED) is 0.210. The van der Waals surface area contributed by atoms with Crippen molar-refractivity contribution in [1.29, 1.82) is 0 Å². The van der Waals surface area contributed by atoms with Gasteiger partial charge in [-0.25, -0.2) is 0 Å². The third kappa shape index (κ3) is 9.40. The molecule has 0 heterocycles. The predicted octanol–water partition coefficient (Wildman–Crippen LogP) is 5.04. The molecule has 0 aliphatic carbocycles.